The van der Waals surface area contributed by atoms with E-state index in [1.165, 1.54) is 12.1 Å². The van der Waals surface area contributed by atoms with Crippen LogP contribution in [0, 0.1) is 0 Å². The summed E-state index contributed by atoms with van der Waals surface area (Å²) in [5.74, 6) is -0.924. The van der Waals surface area contributed by atoms with Crippen molar-refractivity contribution in [3.05, 3.63) is 76.8 Å². The number of hydrazone groups is 1. The molecule has 2 aromatic carbocycles. The third-order valence-electron chi connectivity index (χ3n) is 4.06. The topological polar surface area (TPSA) is 79.2 Å². The molecule has 28 heavy (non-hydrogen) atoms. The molecule has 1 amide bonds. The predicted molar refractivity (Wildman–Crippen MR) is 109 cm³/mol. The third kappa shape index (κ3) is 3.82. The van der Waals surface area contributed by atoms with Gasteiger partial charge in [-0.15, -0.1) is 0 Å². The maximum absolute atomic E-state index is 12.9. The van der Waals surface area contributed by atoms with Gasteiger partial charge in [0.05, 0.1) is 27.6 Å². The summed E-state index contributed by atoms with van der Waals surface area (Å²) in [6, 6.07) is 11.6. The first-order valence-corrected chi connectivity index (χ1v) is 8.77. The van der Waals surface area contributed by atoms with E-state index < -0.39 is 5.97 Å². The Morgan fingerprint density at radius 3 is 2.79 bits per heavy atom. The highest BCUT2D eigenvalue weighted by Crippen LogP contribution is 2.30. The Morgan fingerprint density at radius 2 is 2.07 bits per heavy atom. The van der Waals surface area contributed by atoms with Crippen LogP contribution in [0.5, 0.6) is 5.75 Å². The van der Waals surface area contributed by atoms with E-state index in [0.717, 1.165) is 10.6 Å². The Hall–Kier alpha value is -3.38. The molecule has 0 fully saturated rings. The quantitative estimate of drug-likeness (QED) is 0.579. The van der Waals surface area contributed by atoms with Crippen LogP contribution in [0.15, 0.2) is 65.8 Å². The van der Waals surface area contributed by atoms with Crippen LogP contribution in [0.1, 0.15) is 22.8 Å². The molecule has 7 heteroatoms. The number of para-hydroxylation sites is 1. The van der Waals surface area contributed by atoms with Crippen LogP contribution in [-0.2, 0) is 4.79 Å². The normalized spacial score (nSPS) is 14.9. The van der Waals surface area contributed by atoms with Crippen molar-refractivity contribution in [3.8, 4) is 5.75 Å². The fourth-order valence-corrected chi connectivity index (χ4v) is 2.90. The fourth-order valence-electron chi connectivity index (χ4n) is 2.70. The molecular formula is C21H17ClN2O4. The van der Waals surface area contributed by atoms with Crippen molar-refractivity contribution in [1.29, 1.82) is 0 Å². The van der Waals surface area contributed by atoms with Crippen LogP contribution in [0.4, 0.5) is 5.69 Å². The third-order valence-corrected chi connectivity index (χ3v) is 4.39. The van der Waals surface area contributed by atoms with Gasteiger partial charge in [0, 0.05) is 5.56 Å². The Kier molecular flexibility index (Phi) is 5.61. The van der Waals surface area contributed by atoms with Crippen molar-refractivity contribution in [2.45, 2.75) is 6.92 Å². The number of carbonyl (C=O) groups is 2. The van der Waals surface area contributed by atoms with Gasteiger partial charge in [-0.2, -0.15) is 10.1 Å². The average molecular weight is 397 g/mol. The Bertz CT molecular complexity index is 1030. The number of carbonyl (C=O) groups excluding carboxylic acids is 1. The average Bonchev–Trinajstić information content (AvgIpc) is 2.95. The van der Waals surface area contributed by atoms with Crippen LogP contribution >= 0.6 is 11.6 Å². The molecule has 1 aliphatic rings. The zero-order valence-corrected chi connectivity index (χ0v) is 15.8. The molecule has 0 saturated heterocycles. The number of carboxylic acid groups (broad SMARTS) is 1. The summed E-state index contributed by atoms with van der Waals surface area (Å²) in [6.45, 7) is 5.69. The van der Waals surface area contributed by atoms with Crippen molar-refractivity contribution < 1.29 is 19.4 Å². The summed E-state index contributed by atoms with van der Waals surface area (Å²) in [5, 5.41) is 14.8. The fraction of sp³-hybridized carbons (Fsp3) is 0.0952. The van der Waals surface area contributed by atoms with E-state index in [1.54, 1.807) is 31.2 Å². The molecule has 6 nitrogen and oxygen atoms in total. The van der Waals surface area contributed by atoms with Crippen molar-refractivity contribution in [3.63, 3.8) is 0 Å². The largest absolute Gasteiger partial charge is 0.489 e. The second kappa shape index (κ2) is 8.10. The molecule has 1 N–H and O–H groups in total. The lowest BCUT2D eigenvalue weighted by Gasteiger charge is -2.13. The van der Waals surface area contributed by atoms with Crippen LogP contribution in [0.2, 0.25) is 5.02 Å². The highest BCUT2D eigenvalue weighted by molar-refractivity contribution is 6.34. The van der Waals surface area contributed by atoms with E-state index >= 15 is 0 Å². The first-order chi connectivity index (χ1) is 13.4. The number of aromatic carboxylic acids is 1. The molecule has 0 unspecified atom stereocenters. The zero-order valence-electron chi connectivity index (χ0n) is 15.1. The number of rotatable bonds is 6. The number of nitrogens with zero attached hydrogens (tertiary/aromatic N) is 2. The molecule has 1 heterocycles. The van der Waals surface area contributed by atoms with Gasteiger partial charge in [-0.1, -0.05) is 42.5 Å². The van der Waals surface area contributed by atoms with Crippen LogP contribution in [0.3, 0.4) is 0 Å². The molecule has 0 atom stereocenters. The second-order valence-electron chi connectivity index (χ2n) is 5.97. The van der Waals surface area contributed by atoms with Crippen molar-refractivity contribution in [2.75, 3.05) is 11.6 Å². The first kappa shape index (κ1) is 19.4. The van der Waals surface area contributed by atoms with Gasteiger partial charge in [0.1, 0.15) is 12.4 Å². The number of ether oxygens (including phenoxy) is 1. The lowest BCUT2D eigenvalue weighted by atomic mass is 10.1. The Balaban J connectivity index is 1.96. The first-order valence-electron chi connectivity index (χ1n) is 8.39. The summed E-state index contributed by atoms with van der Waals surface area (Å²) < 4.78 is 5.63. The van der Waals surface area contributed by atoms with E-state index in [9.17, 15) is 14.7 Å². The number of anilines is 1. The van der Waals surface area contributed by atoms with Gasteiger partial charge in [0.2, 0.25) is 0 Å². The molecule has 0 radical (unpaired) electrons. The van der Waals surface area contributed by atoms with E-state index in [0.29, 0.717) is 29.3 Å². The minimum atomic E-state index is -1.18. The van der Waals surface area contributed by atoms with Gasteiger partial charge in [0.25, 0.3) is 5.91 Å². The Labute approximate surface area is 167 Å². The molecule has 142 valence electrons. The van der Waals surface area contributed by atoms with Gasteiger partial charge >= 0.3 is 5.97 Å². The SMILES string of the molecule is C=CCOc1ccccc1/C=C1\C(=O)N(c2ccc(Cl)c(C(=O)O)c2)N=C1C. The molecule has 1 aliphatic heterocycles. The number of carboxylic acids is 1. The van der Waals surface area contributed by atoms with Gasteiger partial charge in [-0.25, -0.2) is 4.79 Å². The number of hydrogen-bond acceptors (Lipinski definition) is 4. The van der Waals surface area contributed by atoms with E-state index in [2.05, 4.69) is 11.7 Å². The minimum Gasteiger partial charge on any atom is -0.489 e. The maximum atomic E-state index is 12.9. The van der Waals surface area contributed by atoms with Crippen molar-refractivity contribution in [2.24, 2.45) is 5.10 Å². The second-order valence-corrected chi connectivity index (χ2v) is 6.37. The predicted octanol–water partition coefficient (Wildman–Crippen LogP) is 4.41. The summed E-state index contributed by atoms with van der Waals surface area (Å²) >= 11 is 5.91. The highest BCUT2D eigenvalue weighted by atomic mass is 35.5. The van der Waals surface area contributed by atoms with Crippen LogP contribution in [0.25, 0.3) is 6.08 Å². The van der Waals surface area contributed by atoms with Gasteiger partial charge in [-0.05, 0) is 37.3 Å². The van der Waals surface area contributed by atoms with Crippen molar-refractivity contribution in [1.82, 2.24) is 0 Å². The molecule has 0 bridgehead atoms. The molecule has 3 rings (SSSR count). The molecule has 0 aromatic heterocycles. The van der Waals surface area contributed by atoms with Gasteiger partial charge in [0.15, 0.2) is 0 Å². The number of hydrogen-bond donors (Lipinski definition) is 1. The molecule has 0 saturated carbocycles. The zero-order chi connectivity index (χ0) is 20.3. The summed E-state index contributed by atoms with van der Waals surface area (Å²) in [6.07, 6.45) is 3.34. The number of halogens is 1. The molecule has 0 aliphatic carbocycles. The van der Waals surface area contributed by atoms with Crippen LogP contribution < -0.4 is 9.75 Å². The molecule has 2 aromatic rings. The lowest BCUT2D eigenvalue weighted by molar-refractivity contribution is -0.114. The standard InChI is InChI=1S/C21H17ClN2O4/c1-3-10-28-19-7-5-4-6-14(19)11-16-13(2)23-24(20(16)25)15-8-9-18(22)17(12-15)21(26)27/h3-9,11-12H,1,10H2,2H3,(H,26,27)/b16-11-. The highest BCUT2D eigenvalue weighted by Gasteiger charge is 2.29. The summed E-state index contributed by atoms with van der Waals surface area (Å²) in [5.41, 5.74) is 1.86. The number of benzene rings is 2. The summed E-state index contributed by atoms with van der Waals surface area (Å²) in [7, 11) is 0. The lowest BCUT2D eigenvalue weighted by Crippen LogP contribution is -2.21. The van der Waals surface area contributed by atoms with Crippen molar-refractivity contribution >= 4 is 41.0 Å². The smallest absolute Gasteiger partial charge is 0.337 e. The van der Waals surface area contributed by atoms with E-state index in [-0.39, 0.29) is 16.5 Å². The summed E-state index contributed by atoms with van der Waals surface area (Å²) in [4.78, 5) is 24.2. The monoisotopic (exact) mass is 396 g/mol. The van der Waals surface area contributed by atoms with Crippen LogP contribution in [-0.4, -0.2) is 29.3 Å². The van der Waals surface area contributed by atoms with E-state index in [1.807, 2.05) is 18.2 Å². The van der Waals surface area contributed by atoms with Gasteiger partial charge in [-0.3, -0.25) is 4.79 Å². The van der Waals surface area contributed by atoms with E-state index in [4.69, 9.17) is 16.3 Å². The number of amides is 1. The Morgan fingerprint density at radius 1 is 1.32 bits per heavy atom. The maximum Gasteiger partial charge on any atom is 0.337 e. The molecule has 0 spiro atoms. The van der Waals surface area contributed by atoms with Gasteiger partial charge < -0.3 is 9.84 Å². The molecular weight excluding hydrogens is 380 g/mol. The minimum absolute atomic E-state index is 0.0904.